The van der Waals surface area contributed by atoms with E-state index in [2.05, 4.69) is 25.9 Å². The van der Waals surface area contributed by atoms with E-state index in [9.17, 15) is 4.79 Å². The van der Waals surface area contributed by atoms with E-state index in [-0.39, 0.29) is 5.91 Å². The maximum absolute atomic E-state index is 12.2. The van der Waals surface area contributed by atoms with Gasteiger partial charge in [0.1, 0.15) is 5.82 Å². The minimum absolute atomic E-state index is 0.196. The molecule has 1 aromatic carbocycles. The van der Waals surface area contributed by atoms with Crippen LogP contribution < -0.4 is 20.1 Å². The monoisotopic (exact) mass is 368 g/mol. The van der Waals surface area contributed by atoms with Gasteiger partial charge in [0.15, 0.2) is 17.3 Å². The van der Waals surface area contributed by atoms with E-state index >= 15 is 0 Å². The zero-order valence-electron chi connectivity index (χ0n) is 15.0. The number of hydrogen-bond donors (Lipinski definition) is 2. The SMILES string of the molecule is COc1ccc(C(=O)NCCNc2ccc(-n3cccn3)nn2)cc1OC. The van der Waals surface area contributed by atoms with E-state index in [1.54, 1.807) is 48.5 Å². The number of amides is 1. The number of benzene rings is 1. The van der Waals surface area contributed by atoms with Crippen molar-refractivity contribution >= 4 is 11.7 Å². The summed E-state index contributed by atoms with van der Waals surface area (Å²) in [5.41, 5.74) is 0.496. The van der Waals surface area contributed by atoms with Crippen LogP contribution in [0.3, 0.4) is 0 Å². The van der Waals surface area contributed by atoms with Crippen LogP contribution in [0.4, 0.5) is 5.82 Å². The third-order valence-corrected chi connectivity index (χ3v) is 3.75. The van der Waals surface area contributed by atoms with Crippen molar-refractivity contribution < 1.29 is 14.3 Å². The molecule has 0 spiro atoms. The number of aromatic nitrogens is 4. The van der Waals surface area contributed by atoms with E-state index in [4.69, 9.17) is 9.47 Å². The minimum atomic E-state index is -0.196. The third kappa shape index (κ3) is 4.51. The van der Waals surface area contributed by atoms with E-state index in [1.807, 2.05) is 12.1 Å². The van der Waals surface area contributed by atoms with Gasteiger partial charge in [-0.1, -0.05) is 0 Å². The predicted octanol–water partition coefficient (Wildman–Crippen LogP) is 1.52. The number of nitrogens with one attached hydrogen (secondary N) is 2. The maximum atomic E-state index is 12.2. The normalized spacial score (nSPS) is 10.3. The Morgan fingerprint density at radius 3 is 2.59 bits per heavy atom. The third-order valence-electron chi connectivity index (χ3n) is 3.75. The molecule has 2 N–H and O–H groups in total. The van der Waals surface area contributed by atoms with Crippen LogP contribution in [0.15, 0.2) is 48.8 Å². The Hall–Kier alpha value is -3.62. The second-order valence-corrected chi connectivity index (χ2v) is 5.48. The van der Waals surface area contributed by atoms with Crippen molar-refractivity contribution in [1.82, 2.24) is 25.3 Å². The molecule has 0 saturated heterocycles. The van der Waals surface area contributed by atoms with E-state index in [0.717, 1.165) is 0 Å². The molecule has 1 amide bonds. The summed E-state index contributed by atoms with van der Waals surface area (Å²) < 4.78 is 12.0. The Bertz CT molecular complexity index is 881. The van der Waals surface area contributed by atoms with Crippen molar-refractivity contribution in [2.75, 3.05) is 32.6 Å². The molecule has 0 atom stereocenters. The van der Waals surface area contributed by atoms with Crippen LogP contribution in [0.25, 0.3) is 5.82 Å². The summed E-state index contributed by atoms with van der Waals surface area (Å²) >= 11 is 0. The number of nitrogens with zero attached hydrogens (tertiary/aromatic N) is 4. The molecule has 9 nitrogen and oxygen atoms in total. The van der Waals surface area contributed by atoms with Gasteiger partial charge in [0.2, 0.25) is 0 Å². The molecule has 9 heteroatoms. The Labute approximate surface area is 156 Å². The van der Waals surface area contributed by atoms with E-state index in [1.165, 1.54) is 7.11 Å². The maximum Gasteiger partial charge on any atom is 0.251 e. The first-order chi connectivity index (χ1) is 13.2. The standard InChI is InChI=1S/C18H20N6O3/c1-26-14-5-4-13(12-15(14)27-2)18(25)20-10-9-19-16-6-7-17(23-22-16)24-11-3-8-21-24/h3-8,11-12H,9-10H2,1-2H3,(H,19,22)(H,20,25). The average Bonchev–Trinajstić information content (AvgIpc) is 3.25. The lowest BCUT2D eigenvalue weighted by molar-refractivity contribution is 0.0954. The first-order valence-electron chi connectivity index (χ1n) is 8.29. The topological polar surface area (TPSA) is 103 Å². The van der Waals surface area contributed by atoms with Crippen LogP contribution in [0, 0.1) is 0 Å². The van der Waals surface area contributed by atoms with Gasteiger partial charge in [-0.2, -0.15) is 5.10 Å². The summed E-state index contributed by atoms with van der Waals surface area (Å²) in [4.78, 5) is 12.2. The highest BCUT2D eigenvalue weighted by molar-refractivity contribution is 5.94. The van der Waals surface area contributed by atoms with Gasteiger partial charge >= 0.3 is 0 Å². The molecule has 2 heterocycles. The number of rotatable bonds is 8. The lowest BCUT2D eigenvalue weighted by atomic mass is 10.2. The van der Waals surface area contributed by atoms with Crippen molar-refractivity contribution in [1.29, 1.82) is 0 Å². The van der Waals surface area contributed by atoms with E-state index < -0.39 is 0 Å². The lowest BCUT2D eigenvalue weighted by Gasteiger charge is -2.10. The van der Waals surface area contributed by atoms with Crippen LogP contribution in [0.1, 0.15) is 10.4 Å². The Kier molecular flexibility index (Phi) is 5.83. The number of carbonyl (C=O) groups is 1. The number of anilines is 1. The minimum Gasteiger partial charge on any atom is -0.493 e. The molecule has 0 aliphatic heterocycles. The van der Waals surface area contributed by atoms with Crippen LogP contribution >= 0.6 is 0 Å². The van der Waals surface area contributed by atoms with Gasteiger partial charge in [-0.3, -0.25) is 4.79 Å². The quantitative estimate of drug-likeness (QED) is 0.581. The van der Waals surface area contributed by atoms with Gasteiger partial charge in [0, 0.05) is 31.0 Å². The Balaban J connectivity index is 1.48. The fourth-order valence-electron chi connectivity index (χ4n) is 2.39. The largest absolute Gasteiger partial charge is 0.493 e. The summed E-state index contributed by atoms with van der Waals surface area (Å²) in [5.74, 6) is 2.14. The average molecular weight is 368 g/mol. The highest BCUT2D eigenvalue weighted by Crippen LogP contribution is 2.27. The molecule has 0 fully saturated rings. The molecule has 27 heavy (non-hydrogen) atoms. The second-order valence-electron chi connectivity index (χ2n) is 5.48. The smallest absolute Gasteiger partial charge is 0.251 e. The fourth-order valence-corrected chi connectivity index (χ4v) is 2.39. The van der Waals surface area contributed by atoms with Gasteiger partial charge in [-0.05, 0) is 36.4 Å². The number of ether oxygens (including phenoxy) is 2. The molecule has 0 saturated carbocycles. The van der Waals surface area contributed by atoms with Crippen LogP contribution in [0.5, 0.6) is 11.5 Å². The van der Waals surface area contributed by atoms with Gasteiger partial charge < -0.3 is 20.1 Å². The van der Waals surface area contributed by atoms with Gasteiger partial charge in [0.25, 0.3) is 5.91 Å². The highest BCUT2D eigenvalue weighted by Gasteiger charge is 2.10. The van der Waals surface area contributed by atoms with Gasteiger partial charge in [-0.25, -0.2) is 4.68 Å². The number of hydrogen-bond acceptors (Lipinski definition) is 7. The van der Waals surface area contributed by atoms with Gasteiger partial charge in [-0.15, -0.1) is 10.2 Å². The van der Waals surface area contributed by atoms with E-state index in [0.29, 0.717) is 41.8 Å². The fraction of sp³-hybridized carbons (Fsp3) is 0.222. The molecular weight excluding hydrogens is 348 g/mol. The Morgan fingerprint density at radius 1 is 1.07 bits per heavy atom. The summed E-state index contributed by atoms with van der Waals surface area (Å²) in [6, 6.07) is 10.5. The van der Waals surface area contributed by atoms with Gasteiger partial charge in [0.05, 0.1) is 14.2 Å². The zero-order chi connectivity index (χ0) is 19.1. The van der Waals surface area contributed by atoms with Crippen molar-refractivity contribution in [3.05, 3.63) is 54.4 Å². The summed E-state index contributed by atoms with van der Waals surface area (Å²) in [6.45, 7) is 0.935. The second kappa shape index (κ2) is 8.65. The molecule has 3 rings (SSSR count). The van der Waals surface area contributed by atoms with Crippen molar-refractivity contribution in [3.63, 3.8) is 0 Å². The predicted molar refractivity (Wildman–Crippen MR) is 99.5 cm³/mol. The van der Waals surface area contributed by atoms with Crippen LogP contribution in [-0.4, -0.2) is 53.2 Å². The van der Waals surface area contributed by atoms with Crippen LogP contribution in [-0.2, 0) is 0 Å². The first-order valence-corrected chi connectivity index (χ1v) is 8.29. The van der Waals surface area contributed by atoms with Crippen LogP contribution in [0.2, 0.25) is 0 Å². The zero-order valence-corrected chi connectivity index (χ0v) is 15.0. The molecule has 0 bridgehead atoms. The first kappa shape index (κ1) is 18.2. The molecule has 3 aromatic rings. The lowest BCUT2D eigenvalue weighted by Crippen LogP contribution is -2.29. The van der Waals surface area contributed by atoms with Crippen molar-refractivity contribution in [2.24, 2.45) is 0 Å². The molecule has 0 radical (unpaired) electrons. The molecule has 2 aromatic heterocycles. The summed E-state index contributed by atoms with van der Waals surface area (Å²) in [5, 5.41) is 18.2. The summed E-state index contributed by atoms with van der Waals surface area (Å²) in [6.07, 6.45) is 3.47. The number of methoxy groups -OCH3 is 2. The molecule has 0 unspecified atom stereocenters. The molecule has 140 valence electrons. The Morgan fingerprint density at radius 2 is 1.93 bits per heavy atom. The van der Waals surface area contributed by atoms with Crippen molar-refractivity contribution in [2.45, 2.75) is 0 Å². The number of carbonyl (C=O) groups excluding carboxylic acids is 1. The molecular formula is C18H20N6O3. The highest BCUT2D eigenvalue weighted by atomic mass is 16.5. The molecule has 0 aliphatic carbocycles. The van der Waals surface area contributed by atoms with Crippen molar-refractivity contribution in [3.8, 4) is 17.3 Å². The summed E-state index contributed by atoms with van der Waals surface area (Å²) in [7, 11) is 3.08. The molecule has 0 aliphatic rings.